The molecular formula is C13H29NO. The quantitative estimate of drug-likeness (QED) is 0.637. The first kappa shape index (κ1) is 14.9. The fraction of sp³-hybridized carbons (Fsp3) is 1.00. The molecule has 0 saturated heterocycles. The summed E-state index contributed by atoms with van der Waals surface area (Å²) in [5, 5.41) is 3.54. The third kappa shape index (κ3) is 6.16. The van der Waals surface area contributed by atoms with Crippen molar-refractivity contribution in [3.63, 3.8) is 0 Å². The molecular weight excluding hydrogens is 186 g/mol. The van der Waals surface area contributed by atoms with E-state index in [0.29, 0.717) is 12.1 Å². The maximum atomic E-state index is 5.68. The van der Waals surface area contributed by atoms with Gasteiger partial charge in [-0.2, -0.15) is 0 Å². The fourth-order valence-electron chi connectivity index (χ4n) is 2.06. The zero-order valence-electron chi connectivity index (χ0n) is 11.2. The predicted molar refractivity (Wildman–Crippen MR) is 67.2 cm³/mol. The molecule has 0 rings (SSSR count). The third-order valence-electron chi connectivity index (χ3n) is 3.20. The molecule has 0 aromatic rings. The van der Waals surface area contributed by atoms with Gasteiger partial charge in [0.1, 0.15) is 0 Å². The van der Waals surface area contributed by atoms with Crippen molar-refractivity contribution >= 4 is 0 Å². The molecule has 0 amide bonds. The van der Waals surface area contributed by atoms with Crippen LogP contribution in [0.25, 0.3) is 0 Å². The van der Waals surface area contributed by atoms with Crippen molar-refractivity contribution in [1.82, 2.24) is 5.32 Å². The molecule has 0 radical (unpaired) electrons. The van der Waals surface area contributed by atoms with Crippen LogP contribution in [-0.2, 0) is 4.74 Å². The molecule has 0 aliphatic rings. The van der Waals surface area contributed by atoms with Crippen molar-refractivity contribution in [2.75, 3.05) is 13.2 Å². The smallest absolute Gasteiger partial charge is 0.0699 e. The number of hydrogen-bond donors (Lipinski definition) is 1. The average Bonchev–Trinajstić information content (AvgIpc) is 2.24. The van der Waals surface area contributed by atoms with Crippen molar-refractivity contribution in [2.24, 2.45) is 5.92 Å². The summed E-state index contributed by atoms with van der Waals surface area (Å²) in [6, 6.07) is 0.514. The normalized spacial score (nSPS) is 15.6. The lowest BCUT2D eigenvalue weighted by atomic mass is 9.92. The highest BCUT2D eigenvalue weighted by molar-refractivity contribution is 4.76. The maximum absolute atomic E-state index is 5.68. The first-order valence-electron chi connectivity index (χ1n) is 6.54. The molecule has 0 aromatic heterocycles. The predicted octanol–water partition coefficient (Wildman–Crippen LogP) is 3.22. The summed E-state index contributed by atoms with van der Waals surface area (Å²) in [4.78, 5) is 0. The van der Waals surface area contributed by atoms with Gasteiger partial charge in [-0.1, -0.05) is 33.6 Å². The van der Waals surface area contributed by atoms with Crippen LogP contribution in [0.15, 0.2) is 0 Å². The van der Waals surface area contributed by atoms with Gasteiger partial charge in [-0.05, 0) is 32.7 Å². The molecule has 0 fully saturated rings. The second-order valence-electron chi connectivity index (χ2n) is 4.24. The Morgan fingerprint density at radius 1 is 1.07 bits per heavy atom. The van der Waals surface area contributed by atoms with Crippen molar-refractivity contribution < 1.29 is 4.74 Å². The van der Waals surface area contributed by atoms with Gasteiger partial charge in [0.2, 0.25) is 0 Å². The summed E-state index contributed by atoms with van der Waals surface area (Å²) in [5.41, 5.74) is 0. The van der Waals surface area contributed by atoms with Crippen LogP contribution in [0.3, 0.4) is 0 Å². The van der Waals surface area contributed by atoms with Gasteiger partial charge < -0.3 is 10.1 Å². The Labute approximate surface area is 95.8 Å². The first-order chi connectivity index (χ1) is 7.19. The Morgan fingerprint density at radius 3 is 2.07 bits per heavy atom. The van der Waals surface area contributed by atoms with Gasteiger partial charge in [0.15, 0.2) is 0 Å². The van der Waals surface area contributed by atoms with E-state index in [1.807, 2.05) is 0 Å². The maximum Gasteiger partial charge on any atom is 0.0699 e. The lowest BCUT2D eigenvalue weighted by Crippen LogP contribution is -2.41. The van der Waals surface area contributed by atoms with Gasteiger partial charge in [0.25, 0.3) is 0 Å². The van der Waals surface area contributed by atoms with Gasteiger partial charge in [-0.3, -0.25) is 0 Å². The Kier molecular flexibility index (Phi) is 9.12. The van der Waals surface area contributed by atoms with E-state index in [2.05, 4.69) is 39.9 Å². The van der Waals surface area contributed by atoms with E-state index in [1.165, 1.54) is 19.3 Å². The van der Waals surface area contributed by atoms with E-state index in [4.69, 9.17) is 4.74 Å². The van der Waals surface area contributed by atoms with E-state index in [0.717, 1.165) is 19.1 Å². The van der Waals surface area contributed by atoms with Crippen molar-refractivity contribution in [3.8, 4) is 0 Å². The molecule has 0 aromatic carbocycles. The van der Waals surface area contributed by atoms with Gasteiger partial charge in [-0.15, -0.1) is 0 Å². The summed E-state index contributed by atoms with van der Waals surface area (Å²) in [5.74, 6) is 0.831. The van der Waals surface area contributed by atoms with Crippen molar-refractivity contribution in [2.45, 2.75) is 66.0 Å². The summed E-state index contributed by atoms with van der Waals surface area (Å²) in [7, 11) is 0. The molecule has 0 aliphatic heterocycles. The largest absolute Gasteiger partial charge is 0.377 e. The second-order valence-corrected chi connectivity index (χ2v) is 4.24. The average molecular weight is 215 g/mol. The number of nitrogens with one attached hydrogen (secondary N) is 1. The minimum Gasteiger partial charge on any atom is -0.377 e. The lowest BCUT2D eigenvalue weighted by Gasteiger charge is -2.28. The number of hydrogen-bond acceptors (Lipinski definition) is 2. The van der Waals surface area contributed by atoms with Gasteiger partial charge in [0.05, 0.1) is 6.10 Å². The number of likely N-dealkylation sites (N-methyl/N-ethyl adjacent to an activating group) is 1. The summed E-state index contributed by atoms with van der Waals surface area (Å²) in [6.07, 6.45) is 4.12. The third-order valence-corrected chi connectivity index (χ3v) is 3.20. The highest BCUT2D eigenvalue weighted by Crippen LogP contribution is 2.17. The molecule has 92 valence electrons. The van der Waals surface area contributed by atoms with Crippen LogP contribution in [0.5, 0.6) is 0 Å². The summed E-state index contributed by atoms with van der Waals surface area (Å²) < 4.78 is 5.68. The van der Waals surface area contributed by atoms with Crippen molar-refractivity contribution in [1.29, 1.82) is 0 Å². The summed E-state index contributed by atoms with van der Waals surface area (Å²) >= 11 is 0. The van der Waals surface area contributed by atoms with E-state index in [1.54, 1.807) is 0 Å². The molecule has 0 saturated carbocycles. The van der Waals surface area contributed by atoms with Crippen LogP contribution < -0.4 is 5.32 Å². The van der Waals surface area contributed by atoms with Crippen LogP contribution >= 0.6 is 0 Å². The zero-order valence-corrected chi connectivity index (χ0v) is 11.2. The Balaban J connectivity index is 4.11. The Bertz CT molecular complexity index is 134. The van der Waals surface area contributed by atoms with Gasteiger partial charge in [0, 0.05) is 12.6 Å². The Morgan fingerprint density at radius 2 is 1.67 bits per heavy atom. The summed E-state index contributed by atoms with van der Waals surface area (Å²) in [6.45, 7) is 12.8. The molecule has 2 atom stereocenters. The van der Waals surface area contributed by atoms with Gasteiger partial charge in [-0.25, -0.2) is 0 Å². The first-order valence-corrected chi connectivity index (χ1v) is 6.54. The molecule has 2 unspecified atom stereocenters. The molecule has 1 N–H and O–H groups in total. The number of ether oxygens (including phenoxy) is 1. The topological polar surface area (TPSA) is 21.3 Å². The van der Waals surface area contributed by atoms with E-state index in [9.17, 15) is 0 Å². The standard InChI is InChI=1S/C13H29NO/c1-6-12(7-2)10-13(14-8-3)11(5)15-9-4/h11-14H,6-10H2,1-5H3. The lowest BCUT2D eigenvalue weighted by molar-refractivity contribution is 0.0405. The fourth-order valence-corrected chi connectivity index (χ4v) is 2.06. The monoisotopic (exact) mass is 215 g/mol. The number of rotatable bonds is 9. The van der Waals surface area contributed by atoms with Crippen molar-refractivity contribution in [3.05, 3.63) is 0 Å². The van der Waals surface area contributed by atoms with Gasteiger partial charge >= 0.3 is 0 Å². The molecule has 0 aliphatic carbocycles. The molecule has 2 nitrogen and oxygen atoms in total. The molecule has 0 bridgehead atoms. The SMILES string of the molecule is CCNC(CC(CC)CC)C(C)OCC. The molecule has 2 heteroatoms. The highest BCUT2D eigenvalue weighted by Gasteiger charge is 2.19. The second kappa shape index (κ2) is 9.17. The van der Waals surface area contributed by atoms with Crippen LogP contribution in [0, 0.1) is 5.92 Å². The minimum atomic E-state index is 0.329. The molecule has 0 spiro atoms. The van der Waals surface area contributed by atoms with Crippen LogP contribution in [0.1, 0.15) is 53.9 Å². The zero-order chi connectivity index (χ0) is 11.7. The van der Waals surface area contributed by atoms with Crippen LogP contribution in [0.4, 0.5) is 0 Å². The Hall–Kier alpha value is -0.0800. The van der Waals surface area contributed by atoms with E-state index in [-0.39, 0.29) is 0 Å². The van der Waals surface area contributed by atoms with E-state index < -0.39 is 0 Å². The molecule has 15 heavy (non-hydrogen) atoms. The van der Waals surface area contributed by atoms with E-state index >= 15 is 0 Å². The van der Waals surface area contributed by atoms with Crippen LogP contribution in [-0.4, -0.2) is 25.3 Å². The molecule has 0 heterocycles. The minimum absolute atomic E-state index is 0.329. The highest BCUT2D eigenvalue weighted by atomic mass is 16.5. The van der Waals surface area contributed by atoms with Crippen LogP contribution in [0.2, 0.25) is 0 Å².